The van der Waals surface area contributed by atoms with E-state index in [4.69, 9.17) is 16.0 Å². The first-order chi connectivity index (χ1) is 17.1. The molecule has 0 saturated carbocycles. The summed E-state index contributed by atoms with van der Waals surface area (Å²) in [7, 11) is 0. The number of azide groups is 1. The van der Waals surface area contributed by atoms with E-state index in [0.29, 0.717) is 5.56 Å². The Balaban J connectivity index is 1.74. The van der Waals surface area contributed by atoms with Gasteiger partial charge in [-0.15, -0.1) is 0 Å². The molecule has 2 N–H and O–H groups in total. The van der Waals surface area contributed by atoms with E-state index >= 15 is 0 Å². The smallest absolute Gasteiger partial charge is 0.249 e. The van der Waals surface area contributed by atoms with Gasteiger partial charge >= 0.3 is 0 Å². The molecule has 3 aliphatic heterocycles. The minimum atomic E-state index is -0.805. The zero-order valence-electron chi connectivity index (χ0n) is 21.4. The highest BCUT2D eigenvalue weighted by atomic mass is 16.5. The standard InChI is InChI=1S/C25H35N7O4/c1-5-30-8-10-31(11-9-30)15-6-7-16(23(26)34)17(12-15)20(25(2,3)4)24(35)32-13-18(28-29-27)22-21(32)19(33)14-36-22/h6-7,12,18,20-22H,5,8-11,13-14H2,1-4H3,(H2,26,34)/t18-,20-,21+,22+/m0/s1. The number of primary amides is 1. The van der Waals surface area contributed by atoms with Crippen LogP contribution < -0.4 is 10.6 Å². The second-order valence-corrected chi connectivity index (χ2v) is 10.8. The third-order valence-corrected chi connectivity index (χ3v) is 7.55. The molecule has 3 saturated heterocycles. The first kappa shape index (κ1) is 25.9. The summed E-state index contributed by atoms with van der Waals surface area (Å²) < 4.78 is 5.59. The summed E-state index contributed by atoms with van der Waals surface area (Å²) in [6.45, 7) is 12.4. The van der Waals surface area contributed by atoms with Gasteiger partial charge in [0.25, 0.3) is 0 Å². The van der Waals surface area contributed by atoms with Gasteiger partial charge in [0, 0.05) is 48.9 Å². The highest BCUT2D eigenvalue weighted by Gasteiger charge is 2.54. The monoisotopic (exact) mass is 497 g/mol. The zero-order valence-corrected chi connectivity index (χ0v) is 21.4. The van der Waals surface area contributed by atoms with Crippen LogP contribution in [0.25, 0.3) is 10.4 Å². The molecule has 0 aromatic heterocycles. The number of likely N-dealkylation sites (tertiary alicyclic amines) is 1. The van der Waals surface area contributed by atoms with Crippen LogP contribution in [0.5, 0.6) is 0 Å². The molecule has 1 aromatic rings. The first-order valence-electron chi connectivity index (χ1n) is 12.5. The maximum atomic E-state index is 14.2. The Morgan fingerprint density at radius 3 is 2.53 bits per heavy atom. The number of hydrogen-bond donors (Lipinski definition) is 1. The number of carbonyl (C=O) groups excluding carboxylic acids is 3. The topological polar surface area (TPSA) is 145 Å². The molecule has 0 aliphatic carbocycles. The predicted octanol–water partition coefficient (Wildman–Crippen LogP) is 1.91. The maximum absolute atomic E-state index is 14.2. The third kappa shape index (κ3) is 4.78. The van der Waals surface area contributed by atoms with Crippen molar-refractivity contribution in [2.45, 2.75) is 51.8 Å². The number of ketones is 1. The number of hydrogen-bond acceptors (Lipinski definition) is 7. The van der Waals surface area contributed by atoms with Crippen molar-refractivity contribution in [1.82, 2.24) is 9.80 Å². The first-order valence-corrected chi connectivity index (χ1v) is 12.5. The maximum Gasteiger partial charge on any atom is 0.249 e. The fourth-order valence-electron chi connectivity index (χ4n) is 5.69. The number of piperazine rings is 1. The third-order valence-electron chi connectivity index (χ3n) is 7.55. The van der Waals surface area contributed by atoms with Crippen molar-refractivity contribution in [3.05, 3.63) is 39.8 Å². The van der Waals surface area contributed by atoms with Gasteiger partial charge in [0.2, 0.25) is 11.8 Å². The summed E-state index contributed by atoms with van der Waals surface area (Å²) in [6.07, 6.45) is -0.658. The minimum Gasteiger partial charge on any atom is -0.369 e. The molecule has 3 fully saturated rings. The number of likely N-dealkylation sites (N-methyl/N-ethyl adjacent to an activating group) is 1. The van der Waals surface area contributed by atoms with Crippen LogP contribution in [-0.4, -0.2) is 91.5 Å². The molecule has 0 unspecified atom stereocenters. The number of fused-ring (bicyclic) bond motifs is 1. The van der Waals surface area contributed by atoms with E-state index in [1.165, 1.54) is 4.90 Å². The molecule has 11 heteroatoms. The number of nitrogens with two attached hydrogens (primary N) is 1. The van der Waals surface area contributed by atoms with Crippen LogP contribution in [0.2, 0.25) is 0 Å². The van der Waals surface area contributed by atoms with Gasteiger partial charge in [-0.25, -0.2) is 0 Å². The number of Topliss-reactive ketones (excluding diaryl/α,β-unsaturated/α-hetero) is 1. The van der Waals surface area contributed by atoms with Crippen LogP contribution in [0.1, 0.15) is 49.5 Å². The van der Waals surface area contributed by atoms with Crippen LogP contribution >= 0.6 is 0 Å². The molecular weight excluding hydrogens is 462 g/mol. The van der Waals surface area contributed by atoms with Crippen molar-refractivity contribution in [2.24, 2.45) is 16.3 Å². The Morgan fingerprint density at radius 1 is 1.25 bits per heavy atom. The lowest BCUT2D eigenvalue weighted by Gasteiger charge is -2.38. The summed E-state index contributed by atoms with van der Waals surface area (Å²) in [5, 5.41) is 3.79. The van der Waals surface area contributed by atoms with Crippen molar-refractivity contribution >= 4 is 23.3 Å². The predicted molar refractivity (Wildman–Crippen MR) is 135 cm³/mol. The largest absolute Gasteiger partial charge is 0.369 e. The summed E-state index contributed by atoms with van der Waals surface area (Å²) in [5.74, 6) is -1.88. The number of benzene rings is 1. The summed E-state index contributed by atoms with van der Waals surface area (Å²) >= 11 is 0. The van der Waals surface area contributed by atoms with E-state index in [1.807, 2.05) is 32.9 Å². The molecule has 1 aromatic carbocycles. The molecule has 3 aliphatic rings. The van der Waals surface area contributed by atoms with Crippen LogP contribution in [0, 0.1) is 5.41 Å². The summed E-state index contributed by atoms with van der Waals surface area (Å²) in [5.41, 5.74) is 15.9. The van der Waals surface area contributed by atoms with E-state index in [2.05, 4.69) is 26.7 Å². The highest BCUT2D eigenvalue weighted by molar-refractivity contribution is 5.99. The molecule has 4 atom stereocenters. The number of ether oxygens (including phenoxy) is 1. The molecule has 0 radical (unpaired) electrons. The van der Waals surface area contributed by atoms with Crippen LogP contribution in [0.15, 0.2) is 23.3 Å². The van der Waals surface area contributed by atoms with Crippen LogP contribution in [0.4, 0.5) is 5.69 Å². The van der Waals surface area contributed by atoms with Crippen LogP contribution in [-0.2, 0) is 14.3 Å². The van der Waals surface area contributed by atoms with Crippen molar-refractivity contribution in [1.29, 1.82) is 0 Å². The Labute approximate surface area is 211 Å². The molecule has 0 bridgehead atoms. The number of amides is 2. The zero-order chi connectivity index (χ0) is 26.2. The van der Waals surface area contributed by atoms with Crippen molar-refractivity contribution < 1.29 is 19.1 Å². The van der Waals surface area contributed by atoms with Gasteiger partial charge < -0.3 is 25.2 Å². The fraction of sp³-hybridized carbons (Fsp3) is 0.640. The molecule has 36 heavy (non-hydrogen) atoms. The molecule has 4 rings (SSSR count). The second-order valence-electron chi connectivity index (χ2n) is 10.8. The van der Waals surface area contributed by atoms with Gasteiger partial charge in [-0.2, -0.15) is 0 Å². The van der Waals surface area contributed by atoms with Gasteiger partial charge in [0.05, 0.1) is 18.1 Å². The van der Waals surface area contributed by atoms with E-state index in [1.54, 1.807) is 6.07 Å². The normalized spacial score (nSPS) is 25.4. The van der Waals surface area contributed by atoms with Crippen molar-refractivity contribution in [3.63, 3.8) is 0 Å². The van der Waals surface area contributed by atoms with Crippen molar-refractivity contribution in [3.8, 4) is 0 Å². The Morgan fingerprint density at radius 2 is 1.94 bits per heavy atom. The SMILES string of the molecule is CCN1CCN(c2ccc(C(N)=O)c([C@@H](C(=O)N3C[C@H](N=[N+]=[N-])[C@H]4OCC(=O)[C@H]43)C(C)(C)C)c2)CC1. The molecule has 194 valence electrons. The van der Waals surface area contributed by atoms with E-state index in [9.17, 15) is 14.4 Å². The quantitative estimate of drug-likeness (QED) is 0.361. The molecule has 11 nitrogen and oxygen atoms in total. The average molecular weight is 498 g/mol. The lowest BCUT2D eigenvalue weighted by molar-refractivity contribution is -0.139. The number of rotatable bonds is 6. The van der Waals surface area contributed by atoms with E-state index in [0.717, 1.165) is 38.4 Å². The van der Waals surface area contributed by atoms with Gasteiger partial charge in [-0.1, -0.05) is 32.8 Å². The van der Waals surface area contributed by atoms with Gasteiger partial charge in [-0.05, 0) is 41.3 Å². The average Bonchev–Trinajstić information content (AvgIpc) is 3.39. The molecule has 0 spiro atoms. The number of anilines is 1. The number of carbonyl (C=O) groups is 3. The Bertz CT molecular complexity index is 1090. The molecular formula is C25H35N7O4. The molecule has 3 heterocycles. The second kappa shape index (κ2) is 10.1. The number of nitrogens with zero attached hydrogens (tertiary/aromatic N) is 6. The van der Waals surface area contributed by atoms with Crippen LogP contribution in [0.3, 0.4) is 0 Å². The summed E-state index contributed by atoms with van der Waals surface area (Å²) in [4.78, 5) is 48.3. The molecule has 2 amide bonds. The summed E-state index contributed by atoms with van der Waals surface area (Å²) in [6, 6.07) is 4.03. The van der Waals surface area contributed by atoms with E-state index < -0.39 is 35.4 Å². The fourth-order valence-corrected chi connectivity index (χ4v) is 5.69. The van der Waals surface area contributed by atoms with Crippen molar-refractivity contribution in [2.75, 3.05) is 50.8 Å². The van der Waals surface area contributed by atoms with Gasteiger partial charge in [0.15, 0.2) is 5.78 Å². The van der Waals surface area contributed by atoms with E-state index in [-0.39, 0.29) is 30.4 Å². The van der Waals surface area contributed by atoms with Gasteiger partial charge in [0.1, 0.15) is 12.6 Å². The van der Waals surface area contributed by atoms with Gasteiger partial charge in [-0.3, -0.25) is 14.4 Å². The minimum absolute atomic E-state index is 0.0844. The lowest BCUT2D eigenvalue weighted by Crippen LogP contribution is -2.47. The lowest BCUT2D eigenvalue weighted by atomic mass is 9.73. The Kier molecular flexibility index (Phi) is 7.26. The highest BCUT2D eigenvalue weighted by Crippen LogP contribution is 2.42. The Hall–Kier alpha value is -3.14.